The highest BCUT2D eigenvalue weighted by Crippen LogP contribution is 2.38. The highest BCUT2D eigenvalue weighted by atomic mass is 127. The van der Waals surface area contributed by atoms with Crippen LogP contribution in [-0.4, -0.2) is 40.5 Å². The van der Waals surface area contributed by atoms with Gasteiger partial charge in [0.2, 0.25) is 0 Å². The predicted octanol–water partition coefficient (Wildman–Crippen LogP) is 3.88. The van der Waals surface area contributed by atoms with Gasteiger partial charge in [0.25, 0.3) is 0 Å². The molecule has 0 radical (unpaired) electrons. The first kappa shape index (κ1) is 23.7. The van der Waals surface area contributed by atoms with Gasteiger partial charge in [0.1, 0.15) is 0 Å². The first-order chi connectivity index (χ1) is 13.7. The van der Waals surface area contributed by atoms with Crippen LogP contribution in [0.2, 0.25) is 0 Å². The summed E-state index contributed by atoms with van der Waals surface area (Å²) in [5.41, 5.74) is 2.39. The molecule has 1 aromatic carbocycles. The number of hydrogen-bond donors (Lipinski definition) is 3. The van der Waals surface area contributed by atoms with Gasteiger partial charge in [-0.1, -0.05) is 31.4 Å². The summed E-state index contributed by atoms with van der Waals surface area (Å²) in [6.07, 6.45) is 10.8. The molecule has 1 aromatic heterocycles. The molecular weight excluding hydrogens is 477 g/mol. The fourth-order valence-corrected chi connectivity index (χ4v) is 4.06. The molecule has 160 valence electrons. The van der Waals surface area contributed by atoms with Crippen molar-refractivity contribution in [2.45, 2.75) is 52.0 Å². The van der Waals surface area contributed by atoms with E-state index in [2.05, 4.69) is 34.8 Å². The zero-order valence-corrected chi connectivity index (χ0v) is 19.6. The molecule has 0 spiro atoms. The number of guanidine groups is 1. The second kappa shape index (κ2) is 12.2. The third kappa shape index (κ3) is 6.99. The third-order valence-electron chi connectivity index (χ3n) is 5.63. The van der Waals surface area contributed by atoms with Crippen LogP contribution in [0.25, 0.3) is 5.69 Å². The van der Waals surface area contributed by atoms with Crippen molar-refractivity contribution in [3.05, 3.63) is 48.3 Å². The number of aliphatic hydroxyl groups excluding tert-OH is 1. The molecule has 29 heavy (non-hydrogen) atoms. The smallest absolute Gasteiger partial charge is 0.191 e. The second-order valence-corrected chi connectivity index (χ2v) is 7.70. The van der Waals surface area contributed by atoms with Crippen LogP contribution >= 0.6 is 24.0 Å². The summed E-state index contributed by atoms with van der Waals surface area (Å²) in [6, 6.07) is 10.2. The van der Waals surface area contributed by atoms with Crippen molar-refractivity contribution in [3.63, 3.8) is 0 Å². The van der Waals surface area contributed by atoms with Gasteiger partial charge in [-0.25, -0.2) is 9.67 Å². The quantitative estimate of drug-likeness (QED) is 0.286. The summed E-state index contributed by atoms with van der Waals surface area (Å²) >= 11 is 0. The van der Waals surface area contributed by atoms with Crippen LogP contribution in [0.5, 0.6) is 0 Å². The average Bonchev–Trinajstić information content (AvgIpc) is 3.26. The number of halogens is 1. The third-order valence-corrected chi connectivity index (χ3v) is 5.63. The van der Waals surface area contributed by atoms with E-state index < -0.39 is 0 Å². The Kier molecular flexibility index (Phi) is 9.93. The van der Waals surface area contributed by atoms with Gasteiger partial charge in [0, 0.05) is 32.1 Å². The Balaban J connectivity index is 0.00000300. The predicted molar refractivity (Wildman–Crippen MR) is 129 cm³/mol. The van der Waals surface area contributed by atoms with Crippen LogP contribution in [0.1, 0.15) is 51.0 Å². The van der Waals surface area contributed by atoms with Gasteiger partial charge < -0.3 is 15.7 Å². The lowest BCUT2D eigenvalue weighted by molar-refractivity contribution is 0.131. The molecule has 0 bridgehead atoms. The zero-order valence-electron chi connectivity index (χ0n) is 17.3. The molecule has 0 amide bonds. The Bertz CT molecular complexity index is 736. The number of nitrogens with zero attached hydrogens (tertiary/aromatic N) is 3. The van der Waals surface area contributed by atoms with Crippen molar-refractivity contribution in [2.24, 2.45) is 10.4 Å². The van der Waals surface area contributed by atoms with Crippen molar-refractivity contribution in [2.75, 3.05) is 19.7 Å². The van der Waals surface area contributed by atoms with Gasteiger partial charge >= 0.3 is 0 Å². The highest BCUT2D eigenvalue weighted by Gasteiger charge is 2.31. The standard InChI is InChI=1S/C22H33N5O.HI/c1-2-23-21(25-18-22(12-15-28)10-4-3-5-11-22)24-17-19-8-6-9-20(16-19)27-14-7-13-26-27;/h6-9,13-14,16,28H,2-5,10-12,15,17-18H2,1H3,(H2,23,24,25);1H. The Morgan fingerprint density at radius 2 is 2.03 bits per heavy atom. The van der Waals surface area contributed by atoms with Crippen molar-refractivity contribution in [1.29, 1.82) is 0 Å². The Labute approximate surface area is 191 Å². The van der Waals surface area contributed by atoms with Crippen LogP contribution in [0.15, 0.2) is 47.7 Å². The van der Waals surface area contributed by atoms with E-state index in [9.17, 15) is 5.11 Å². The second-order valence-electron chi connectivity index (χ2n) is 7.70. The van der Waals surface area contributed by atoms with E-state index in [-0.39, 0.29) is 36.0 Å². The molecule has 3 rings (SSSR count). The lowest BCUT2D eigenvalue weighted by atomic mass is 9.72. The fraction of sp³-hybridized carbons (Fsp3) is 0.545. The van der Waals surface area contributed by atoms with Crippen LogP contribution < -0.4 is 10.6 Å². The van der Waals surface area contributed by atoms with Crippen molar-refractivity contribution in [3.8, 4) is 5.69 Å². The van der Waals surface area contributed by atoms with E-state index in [4.69, 9.17) is 4.99 Å². The van der Waals surface area contributed by atoms with E-state index in [1.54, 1.807) is 6.20 Å². The van der Waals surface area contributed by atoms with Crippen LogP contribution in [0.4, 0.5) is 0 Å². The molecule has 0 saturated heterocycles. The summed E-state index contributed by atoms with van der Waals surface area (Å²) in [7, 11) is 0. The molecule has 1 fully saturated rings. The molecule has 0 unspecified atom stereocenters. The highest BCUT2D eigenvalue weighted by molar-refractivity contribution is 14.0. The van der Waals surface area contributed by atoms with Gasteiger partial charge in [-0.05, 0) is 55.4 Å². The van der Waals surface area contributed by atoms with Crippen LogP contribution in [-0.2, 0) is 6.54 Å². The van der Waals surface area contributed by atoms with Gasteiger partial charge in [-0.15, -0.1) is 24.0 Å². The Hall–Kier alpha value is -1.61. The van der Waals surface area contributed by atoms with E-state index in [1.165, 1.54) is 32.1 Å². The number of aromatic nitrogens is 2. The maximum absolute atomic E-state index is 9.53. The van der Waals surface area contributed by atoms with Gasteiger partial charge in [0.05, 0.1) is 12.2 Å². The first-order valence-electron chi connectivity index (χ1n) is 10.5. The lowest BCUT2D eigenvalue weighted by Gasteiger charge is -2.37. The zero-order chi connectivity index (χ0) is 19.7. The molecule has 1 aliphatic carbocycles. The monoisotopic (exact) mass is 511 g/mol. The SMILES string of the molecule is CCNC(=NCc1cccc(-n2cccn2)c1)NCC1(CCO)CCCCC1.I. The number of hydrogen-bond acceptors (Lipinski definition) is 3. The number of aliphatic hydroxyl groups is 1. The minimum Gasteiger partial charge on any atom is -0.396 e. The van der Waals surface area contributed by atoms with E-state index >= 15 is 0 Å². The Morgan fingerprint density at radius 3 is 2.72 bits per heavy atom. The van der Waals surface area contributed by atoms with E-state index in [0.29, 0.717) is 6.54 Å². The Morgan fingerprint density at radius 1 is 1.21 bits per heavy atom. The van der Waals surface area contributed by atoms with Gasteiger partial charge in [0.15, 0.2) is 5.96 Å². The minimum absolute atomic E-state index is 0. The summed E-state index contributed by atoms with van der Waals surface area (Å²) < 4.78 is 1.86. The molecule has 1 heterocycles. The molecule has 1 aliphatic rings. The number of nitrogens with one attached hydrogen (secondary N) is 2. The molecule has 7 heteroatoms. The largest absolute Gasteiger partial charge is 0.396 e. The molecule has 2 aromatic rings. The molecule has 1 saturated carbocycles. The van der Waals surface area contributed by atoms with Gasteiger partial charge in [-0.2, -0.15) is 5.10 Å². The molecular formula is C22H34IN5O. The van der Waals surface area contributed by atoms with Crippen LogP contribution in [0, 0.1) is 5.41 Å². The molecule has 6 nitrogen and oxygen atoms in total. The van der Waals surface area contributed by atoms with Crippen LogP contribution in [0.3, 0.4) is 0 Å². The average molecular weight is 511 g/mol. The summed E-state index contributed by atoms with van der Waals surface area (Å²) in [6.45, 7) is 4.64. The fourth-order valence-electron chi connectivity index (χ4n) is 4.06. The van der Waals surface area contributed by atoms with Gasteiger partial charge in [-0.3, -0.25) is 0 Å². The number of rotatable bonds is 8. The molecule has 0 atom stereocenters. The normalized spacial score (nSPS) is 16.1. The van der Waals surface area contributed by atoms with E-state index in [1.807, 2.05) is 29.1 Å². The summed E-state index contributed by atoms with van der Waals surface area (Å²) in [4.78, 5) is 4.78. The summed E-state index contributed by atoms with van der Waals surface area (Å²) in [5.74, 6) is 0.842. The van der Waals surface area contributed by atoms with Crippen molar-refractivity contribution in [1.82, 2.24) is 20.4 Å². The maximum atomic E-state index is 9.53. The molecule has 0 aliphatic heterocycles. The first-order valence-corrected chi connectivity index (χ1v) is 10.5. The van der Waals surface area contributed by atoms with Crippen molar-refractivity contribution < 1.29 is 5.11 Å². The maximum Gasteiger partial charge on any atom is 0.191 e. The lowest BCUT2D eigenvalue weighted by Crippen LogP contribution is -2.44. The topological polar surface area (TPSA) is 74.5 Å². The van der Waals surface area contributed by atoms with Crippen molar-refractivity contribution >= 4 is 29.9 Å². The van der Waals surface area contributed by atoms with E-state index in [0.717, 1.165) is 36.7 Å². The number of aliphatic imine (C=N–C) groups is 1. The molecule has 3 N–H and O–H groups in total. The number of benzene rings is 1. The minimum atomic E-state index is 0. The summed E-state index contributed by atoms with van der Waals surface area (Å²) in [5, 5.41) is 20.7.